The van der Waals surface area contributed by atoms with E-state index in [2.05, 4.69) is 54.6 Å². The second-order valence-electron chi connectivity index (χ2n) is 11.1. The third kappa shape index (κ3) is 3.96. The van der Waals surface area contributed by atoms with Crippen molar-refractivity contribution in [2.24, 2.45) is 0 Å². The Hall–Kier alpha value is -2.69. The van der Waals surface area contributed by atoms with E-state index in [-0.39, 0.29) is 17.1 Å². The highest BCUT2D eigenvalue weighted by atomic mass is 16.5. The van der Waals surface area contributed by atoms with E-state index < -0.39 is 11.1 Å². The van der Waals surface area contributed by atoms with Crippen LogP contribution in [0.4, 0.5) is 0 Å². The van der Waals surface area contributed by atoms with Crippen LogP contribution < -0.4 is 5.06 Å². The Bertz CT molecular complexity index is 1290. The first-order chi connectivity index (χ1) is 15.7. The van der Waals surface area contributed by atoms with Crippen molar-refractivity contribution < 1.29 is 14.6 Å². The smallest absolute Gasteiger partial charge is 0.306 e. The van der Waals surface area contributed by atoms with Crippen LogP contribution in [-0.2, 0) is 16.0 Å². The van der Waals surface area contributed by atoms with Gasteiger partial charge in [-0.1, -0.05) is 54.6 Å². The Morgan fingerprint density at radius 1 is 0.909 bits per heavy atom. The van der Waals surface area contributed by atoms with Gasteiger partial charge in [-0.05, 0) is 78.4 Å². The van der Waals surface area contributed by atoms with Gasteiger partial charge < -0.3 is 15.0 Å². The Labute approximate surface area is 195 Å². The van der Waals surface area contributed by atoms with Crippen molar-refractivity contribution in [1.82, 2.24) is 0 Å². The highest BCUT2D eigenvalue weighted by Crippen LogP contribution is 2.36. The molecule has 0 bridgehead atoms. The SMILES string of the molecule is CC1(C)CC(OC(=O)CCCc2ccc3ccc4cccc5ccc2c3c45)CC(C)(C)[NH+]1[O-]. The number of quaternary nitrogens is 1. The maximum absolute atomic E-state index is 12.6. The van der Waals surface area contributed by atoms with E-state index in [1.54, 1.807) is 0 Å². The van der Waals surface area contributed by atoms with Gasteiger partial charge in [-0.2, -0.15) is 0 Å². The Kier molecular flexibility index (Phi) is 5.34. The molecule has 0 aromatic heterocycles. The first kappa shape index (κ1) is 22.1. The number of hydroxylamine groups is 2. The molecule has 0 aliphatic carbocycles. The lowest BCUT2D eigenvalue weighted by atomic mass is 9.80. The quantitative estimate of drug-likeness (QED) is 0.250. The molecule has 1 saturated heterocycles. The maximum atomic E-state index is 12.6. The zero-order valence-corrected chi connectivity index (χ0v) is 20.0. The van der Waals surface area contributed by atoms with Crippen LogP contribution in [0.15, 0.2) is 54.6 Å². The summed E-state index contributed by atoms with van der Waals surface area (Å²) < 4.78 is 5.84. The molecule has 4 heteroatoms. The molecular formula is C29H33NO3. The summed E-state index contributed by atoms with van der Waals surface area (Å²) in [4.78, 5) is 12.6. The number of aryl methyl sites for hydroxylation is 1. The van der Waals surface area contributed by atoms with E-state index in [0.717, 1.165) is 12.8 Å². The predicted molar refractivity (Wildman–Crippen MR) is 135 cm³/mol. The van der Waals surface area contributed by atoms with Gasteiger partial charge >= 0.3 is 5.97 Å². The van der Waals surface area contributed by atoms with Crippen molar-refractivity contribution in [3.05, 3.63) is 65.4 Å². The molecule has 0 radical (unpaired) electrons. The van der Waals surface area contributed by atoms with E-state index in [9.17, 15) is 10.0 Å². The lowest BCUT2D eigenvalue weighted by Gasteiger charge is -2.54. The fourth-order valence-electron chi connectivity index (χ4n) is 6.08. The summed E-state index contributed by atoms with van der Waals surface area (Å²) in [7, 11) is 0. The van der Waals surface area contributed by atoms with Crippen molar-refractivity contribution in [1.29, 1.82) is 0 Å². The van der Waals surface area contributed by atoms with Crippen LogP contribution in [0.2, 0.25) is 0 Å². The topological polar surface area (TPSA) is 53.8 Å². The van der Waals surface area contributed by atoms with Crippen molar-refractivity contribution >= 4 is 38.3 Å². The van der Waals surface area contributed by atoms with Crippen molar-refractivity contribution in [2.45, 2.75) is 77.0 Å². The van der Waals surface area contributed by atoms with Gasteiger partial charge in [0.05, 0.1) is 11.1 Å². The van der Waals surface area contributed by atoms with Gasteiger partial charge in [-0.15, -0.1) is 0 Å². The lowest BCUT2D eigenvalue weighted by Crippen LogP contribution is -3.23. The molecule has 1 aliphatic rings. The van der Waals surface area contributed by atoms with Crippen LogP contribution in [0.25, 0.3) is 32.3 Å². The Balaban J connectivity index is 1.28. The van der Waals surface area contributed by atoms with E-state index in [1.807, 2.05) is 27.7 Å². The maximum Gasteiger partial charge on any atom is 0.306 e. The highest BCUT2D eigenvalue weighted by Gasteiger charge is 2.46. The molecule has 4 nitrogen and oxygen atoms in total. The number of piperidine rings is 1. The Morgan fingerprint density at radius 2 is 1.48 bits per heavy atom. The molecule has 5 rings (SSSR count). The summed E-state index contributed by atoms with van der Waals surface area (Å²) in [6.45, 7) is 7.85. The number of carbonyl (C=O) groups is 1. The zero-order valence-electron chi connectivity index (χ0n) is 20.0. The number of rotatable bonds is 5. The van der Waals surface area contributed by atoms with Crippen molar-refractivity contribution in [3.63, 3.8) is 0 Å². The second-order valence-corrected chi connectivity index (χ2v) is 11.1. The molecule has 1 aliphatic heterocycles. The minimum Gasteiger partial charge on any atom is -0.634 e. The van der Waals surface area contributed by atoms with Crippen molar-refractivity contribution in [3.8, 4) is 0 Å². The minimum atomic E-state index is -0.450. The standard InChI is InChI=1S/C29H33NO3/c1-28(2)17-23(18-29(3,4)30(28)32)33-25(31)10-6-7-19-11-12-22-14-13-20-8-5-9-21-15-16-24(19)27(22)26(20)21/h5,8-9,11-16,23,30H,6-7,10,17-18H2,1-4H3. The number of ether oxygens (including phenoxy) is 1. The minimum absolute atomic E-state index is 0.154. The fraction of sp³-hybridized carbons (Fsp3) is 0.414. The molecule has 1 N–H and O–H groups in total. The van der Waals surface area contributed by atoms with Crippen LogP contribution >= 0.6 is 0 Å². The summed E-state index contributed by atoms with van der Waals surface area (Å²) in [6.07, 6.45) is 3.01. The summed E-state index contributed by atoms with van der Waals surface area (Å²) >= 11 is 0. The summed E-state index contributed by atoms with van der Waals surface area (Å²) in [5, 5.41) is 20.6. The molecule has 33 heavy (non-hydrogen) atoms. The molecule has 0 amide bonds. The first-order valence-electron chi connectivity index (χ1n) is 12.1. The zero-order chi connectivity index (χ0) is 23.4. The largest absolute Gasteiger partial charge is 0.634 e. The molecule has 4 aromatic carbocycles. The van der Waals surface area contributed by atoms with Gasteiger partial charge in [0.15, 0.2) is 0 Å². The predicted octanol–water partition coefficient (Wildman–Crippen LogP) is 5.55. The molecule has 172 valence electrons. The van der Waals surface area contributed by atoms with E-state index in [4.69, 9.17) is 4.74 Å². The molecule has 0 spiro atoms. The van der Waals surface area contributed by atoms with Gasteiger partial charge in [0.25, 0.3) is 0 Å². The number of esters is 1. The average molecular weight is 444 g/mol. The average Bonchev–Trinajstić information content (AvgIpc) is 2.76. The number of nitrogens with one attached hydrogen (secondary N) is 1. The second kappa shape index (κ2) is 7.96. The van der Waals surface area contributed by atoms with Crippen LogP contribution in [-0.4, -0.2) is 23.2 Å². The molecule has 0 saturated carbocycles. The summed E-state index contributed by atoms with van der Waals surface area (Å²) in [5.41, 5.74) is 0.377. The first-order valence-corrected chi connectivity index (χ1v) is 12.1. The van der Waals surface area contributed by atoms with Crippen LogP contribution in [0.1, 0.15) is 58.9 Å². The van der Waals surface area contributed by atoms with E-state index in [0.29, 0.717) is 19.3 Å². The van der Waals surface area contributed by atoms with Gasteiger partial charge in [0.1, 0.15) is 6.10 Å². The molecule has 4 aromatic rings. The highest BCUT2D eigenvalue weighted by molar-refractivity contribution is 6.23. The molecule has 1 heterocycles. The van der Waals surface area contributed by atoms with Gasteiger partial charge in [0.2, 0.25) is 0 Å². The number of carbonyl (C=O) groups excluding carboxylic acids is 1. The van der Waals surface area contributed by atoms with E-state index >= 15 is 0 Å². The summed E-state index contributed by atoms with van der Waals surface area (Å²) in [5.74, 6) is -0.154. The van der Waals surface area contributed by atoms with Crippen LogP contribution in [0, 0.1) is 5.21 Å². The van der Waals surface area contributed by atoms with Gasteiger partial charge in [-0.25, -0.2) is 0 Å². The molecular weight excluding hydrogens is 410 g/mol. The van der Waals surface area contributed by atoms with Gasteiger partial charge in [0, 0.05) is 19.3 Å². The Morgan fingerprint density at radius 3 is 2.15 bits per heavy atom. The van der Waals surface area contributed by atoms with E-state index in [1.165, 1.54) is 37.9 Å². The number of benzene rings is 4. The monoisotopic (exact) mass is 443 g/mol. The number of hydrogen-bond donors (Lipinski definition) is 1. The molecule has 1 fully saturated rings. The number of hydrogen-bond acceptors (Lipinski definition) is 3. The van der Waals surface area contributed by atoms with Gasteiger partial charge in [-0.3, -0.25) is 4.79 Å². The molecule has 0 unspecified atom stereocenters. The summed E-state index contributed by atoms with van der Waals surface area (Å²) in [6, 6.07) is 19.7. The fourth-order valence-corrected chi connectivity index (χ4v) is 6.08. The lowest BCUT2D eigenvalue weighted by molar-refractivity contribution is -0.956. The third-order valence-electron chi connectivity index (χ3n) is 7.45. The third-order valence-corrected chi connectivity index (χ3v) is 7.45. The normalized spacial score (nSPS) is 22.2. The molecule has 0 atom stereocenters. The van der Waals surface area contributed by atoms with Crippen molar-refractivity contribution in [2.75, 3.05) is 0 Å². The van der Waals surface area contributed by atoms with Crippen LogP contribution in [0.5, 0.6) is 0 Å². The van der Waals surface area contributed by atoms with Crippen LogP contribution in [0.3, 0.4) is 0 Å².